The van der Waals surface area contributed by atoms with Gasteiger partial charge in [-0.1, -0.05) is 199 Å². The van der Waals surface area contributed by atoms with Crippen molar-refractivity contribution in [3.05, 3.63) is 240 Å². The molecule has 382 valence electrons. The number of rotatable bonds is 10. The Morgan fingerprint density at radius 1 is 0.397 bits per heavy atom. The lowest BCUT2D eigenvalue weighted by molar-refractivity contribution is 0.668. The van der Waals surface area contributed by atoms with Gasteiger partial charge < -0.3 is 18.6 Å². The van der Waals surface area contributed by atoms with Crippen LogP contribution < -0.4 is 9.80 Å². The molecular weight excluding hydrogens is 949 g/mol. The Morgan fingerprint density at radius 2 is 0.872 bits per heavy atom. The Hall–Kier alpha value is -8.86. The molecule has 11 aromatic carbocycles. The van der Waals surface area contributed by atoms with E-state index in [9.17, 15) is 0 Å². The summed E-state index contributed by atoms with van der Waals surface area (Å²) in [5.41, 5.74) is 20.3. The van der Waals surface area contributed by atoms with E-state index in [4.69, 9.17) is 8.83 Å². The second-order valence-electron chi connectivity index (χ2n) is 21.6. The van der Waals surface area contributed by atoms with Crippen molar-refractivity contribution in [2.45, 2.75) is 80.1 Å². The second-order valence-corrected chi connectivity index (χ2v) is 21.6. The van der Waals surface area contributed by atoms with E-state index in [0.717, 1.165) is 85.2 Å². The molecule has 4 nitrogen and oxygen atoms in total. The van der Waals surface area contributed by atoms with Crippen molar-refractivity contribution in [2.24, 2.45) is 0 Å². The van der Waals surface area contributed by atoms with Crippen molar-refractivity contribution in [1.82, 2.24) is 0 Å². The SMILES string of the molecule is CC.CC1=C(c2ccccc2)C=C(N(c2cc(C(C)C)c3ccc4c(N(c5ccc(C)c(-c6ccccc6)c5)c5cccc6c5oc5ccccc56)cc(C(C)C)c5ccc2c3c54)c2cccc3c2oc2ccccc23)CC1. The molecule has 0 saturated carbocycles. The van der Waals surface area contributed by atoms with Gasteiger partial charge in [0.1, 0.15) is 11.2 Å². The van der Waals surface area contributed by atoms with Gasteiger partial charge in [-0.15, -0.1) is 0 Å². The molecule has 1 aliphatic carbocycles. The van der Waals surface area contributed by atoms with E-state index < -0.39 is 0 Å². The van der Waals surface area contributed by atoms with E-state index in [2.05, 4.69) is 258 Å². The minimum absolute atomic E-state index is 0.218. The molecule has 0 spiro atoms. The maximum Gasteiger partial charge on any atom is 0.159 e. The standard InChI is InChI=1S/C72H58N2O2.C2H6/c1-43(2)59-41-65(73(49-33-31-45(5)61(39-49)47-19-9-7-10-20-47)63-27-17-25-55-51-23-13-15-29-67(51)75-71(55)63)57-38-36-54-60(44(3)4)42-66(58-37-35-53(59)69(57)70(54)58)74(50-34-32-46(6)62(40-50)48-21-11-8-12-22-48)64-28-18-26-56-52-24-14-16-30-68(52)76-72(56)64;1-2/h7-31,33,35-44H,32,34H2,1-6H3;1-2H3. The fourth-order valence-electron chi connectivity index (χ4n) is 12.6. The summed E-state index contributed by atoms with van der Waals surface area (Å²) >= 11 is 0. The Labute approximate surface area is 457 Å². The van der Waals surface area contributed by atoms with Gasteiger partial charge in [-0.05, 0) is 154 Å². The zero-order chi connectivity index (χ0) is 53.3. The number of furan rings is 2. The average molecular weight is 1010 g/mol. The molecule has 0 radical (unpaired) electrons. The molecule has 0 aliphatic heterocycles. The first-order valence-corrected chi connectivity index (χ1v) is 28.0. The number of hydrogen-bond donors (Lipinski definition) is 0. The van der Waals surface area contributed by atoms with Crippen LogP contribution >= 0.6 is 0 Å². The Bertz CT molecular complexity index is 4490. The van der Waals surface area contributed by atoms with Crippen LogP contribution in [-0.2, 0) is 0 Å². The fraction of sp³-hybridized carbons (Fsp3) is 0.162. The number of benzene rings is 11. The number of para-hydroxylation sites is 4. The molecule has 0 atom stereocenters. The highest BCUT2D eigenvalue weighted by Crippen LogP contribution is 2.53. The fourth-order valence-corrected chi connectivity index (χ4v) is 12.6. The van der Waals surface area contributed by atoms with Crippen LogP contribution in [0.5, 0.6) is 0 Å². The molecule has 0 bridgehead atoms. The van der Waals surface area contributed by atoms with E-state index in [1.807, 2.05) is 13.8 Å². The van der Waals surface area contributed by atoms with Crippen LogP contribution in [0.15, 0.2) is 226 Å². The first-order valence-electron chi connectivity index (χ1n) is 28.0. The normalized spacial score (nSPS) is 13.0. The molecule has 0 fully saturated rings. The summed E-state index contributed by atoms with van der Waals surface area (Å²) in [5.74, 6) is 0.444. The van der Waals surface area contributed by atoms with Crippen molar-refractivity contribution in [3.8, 4) is 11.1 Å². The highest BCUT2D eigenvalue weighted by molar-refractivity contribution is 6.30. The van der Waals surface area contributed by atoms with E-state index in [-0.39, 0.29) is 11.8 Å². The summed E-state index contributed by atoms with van der Waals surface area (Å²) in [4.78, 5) is 5.05. The smallest absolute Gasteiger partial charge is 0.159 e. The van der Waals surface area contributed by atoms with Crippen LogP contribution in [0.1, 0.15) is 95.4 Å². The predicted octanol–water partition coefficient (Wildman–Crippen LogP) is 22.4. The number of nitrogens with zero attached hydrogens (tertiary/aromatic N) is 2. The maximum atomic E-state index is 6.98. The monoisotopic (exact) mass is 1010 g/mol. The lowest BCUT2D eigenvalue weighted by atomic mass is 9.83. The molecule has 0 N–H and O–H groups in total. The summed E-state index contributed by atoms with van der Waals surface area (Å²) < 4.78 is 13.9. The number of allylic oxidation sites excluding steroid dienone is 4. The van der Waals surface area contributed by atoms with Crippen molar-refractivity contribution in [3.63, 3.8) is 0 Å². The van der Waals surface area contributed by atoms with Crippen molar-refractivity contribution in [2.75, 3.05) is 9.80 Å². The highest BCUT2D eigenvalue weighted by atomic mass is 16.3. The number of hydrogen-bond acceptors (Lipinski definition) is 4. The van der Waals surface area contributed by atoms with Crippen LogP contribution in [0.25, 0.3) is 92.9 Å². The topological polar surface area (TPSA) is 32.8 Å². The van der Waals surface area contributed by atoms with Crippen molar-refractivity contribution in [1.29, 1.82) is 0 Å². The van der Waals surface area contributed by atoms with Gasteiger partial charge in [0, 0.05) is 43.7 Å². The van der Waals surface area contributed by atoms with Crippen LogP contribution in [-0.4, -0.2) is 0 Å². The molecule has 13 aromatic rings. The summed E-state index contributed by atoms with van der Waals surface area (Å²) in [6.07, 6.45) is 4.29. The third-order valence-corrected chi connectivity index (χ3v) is 16.4. The van der Waals surface area contributed by atoms with Crippen LogP contribution in [0.3, 0.4) is 0 Å². The zero-order valence-electron chi connectivity index (χ0n) is 45.9. The Balaban J connectivity index is 0.00000286. The quantitative estimate of drug-likeness (QED) is 0.128. The van der Waals surface area contributed by atoms with Gasteiger partial charge in [-0.25, -0.2) is 0 Å². The molecule has 78 heavy (non-hydrogen) atoms. The average Bonchev–Trinajstić information content (AvgIpc) is 4.20. The summed E-state index contributed by atoms with van der Waals surface area (Å²) in [6, 6.07) is 73.5. The van der Waals surface area contributed by atoms with E-state index in [1.165, 1.54) is 82.5 Å². The molecular formula is C74H64N2O2. The van der Waals surface area contributed by atoms with Crippen molar-refractivity contribution < 1.29 is 8.83 Å². The molecule has 0 amide bonds. The van der Waals surface area contributed by atoms with Crippen LogP contribution in [0.2, 0.25) is 0 Å². The van der Waals surface area contributed by atoms with Gasteiger partial charge in [0.2, 0.25) is 0 Å². The van der Waals surface area contributed by atoms with Gasteiger partial charge in [0.25, 0.3) is 0 Å². The van der Waals surface area contributed by atoms with Gasteiger partial charge >= 0.3 is 0 Å². The van der Waals surface area contributed by atoms with E-state index in [0.29, 0.717) is 0 Å². The summed E-state index contributed by atoms with van der Waals surface area (Å²) in [5, 5.41) is 12.0. The molecule has 2 aromatic heterocycles. The largest absolute Gasteiger partial charge is 0.454 e. The first-order chi connectivity index (χ1) is 38.2. The maximum absolute atomic E-state index is 6.98. The number of aryl methyl sites for hydroxylation is 1. The second kappa shape index (κ2) is 19.6. The van der Waals surface area contributed by atoms with E-state index in [1.54, 1.807) is 0 Å². The molecule has 0 saturated heterocycles. The van der Waals surface area contributed by atoms with E-state index >= 15 is 0 Å². The number of fused-ring (bicyclic) bond motifs is 6. The third-order valence-electron chi connectivity index (χ3n) is 16.4. The molecule has 4 heteroatoms. The Kier molecular flexibility index (Phi) is 12.3. The van der Waals surface area contributed by atoms with Gasteiger partial charge in [0.15, 0.2) is 11.2 Å². The van der Waals surface area contributed by atoms with Crippen LogP contribution in [0.4, 0.5) is 28.4 Å². The van der Waals surface area contributed by atoms with Gasteiger partial charge in [0.05, 0.1) is 22.7 Å². The first kappa shape index (κ1) is 48.8. The number of anilines is 5. The third kappa shape index (κ3) is 7.87. The minimum atomic E-state index is 0.218. The molecule has 1 aliphatic rings. The lowest BCUT2D eigenvalue weighted by Crippen LogP contribution is -2.20. The van der Waals surface area contributed by atoms with Crippen LogP contribution in [0, 0.1) is 6.92 Å². The molecule has 0 unspecified atom stereocenters. The van der Waals surface area contributed by atoms with Gasteiger partial charge in [-0.2, -0.15) is 0 Å². The predicted molar refractivity (Wildman–Crippen MR) is 334 cm³/mol. The lowest BCUT2D eigenvalue weighted by Gasteiger charge is -2.34. The van der Waals surface area contributed by atoms with Gasteiger partial charge in [-0.3, -0.25) is 0 Å². The minimum Gasteiger partial charge on any atom is -0.454 e. The highest BCUT2D eigenvalue weighted by Gasteiger charge is 2.30. The zero-order valence-corrected chi connectivity index (χ0v) is 45.9. The summed E-state index contributed by atoms with van der Waals surface area (Å²) in [7, 11) is 0. The summed E-state index contributed by atoms with van der Waals surface area (Å²) in [6.45, 7) is 17.9. The van der Waals surface area contributed by atoms with Crippen molar-refractivity contribution >= 4 is 110 Å². The Morgan fingerprint density at radius 3 is 1.42 bits per heavy atom. The molecule has 2 heterocycles. The molecule has 14 rings (SSSR count).